The van der Waals surface area contributed by atoms with Crippen LogP contribution in [0.4, 0.5) is 11.5 Å². The summed E-state index contributed by atoms with van der Waals surface area (Å²) in [5.41, 5.74) is -0.138. The van der Waals surface area contributed by atoms with Crippen LogP contribution in [0.3, 0.4) is 0 Å². The number of hydrogen-bond donors (Lipinski definition) is 1. The molecule has 1 aliphatic rings. The van der Waals surface area contributed by atoms with Crippen molar-refractivity contribution in [2.75, 3.05) is 18.4 Å². The highest BCUT2D eigenvalue weighted by atomic mass is 35.5. The van der Waals surface area contributed by atoms with Gasteiger partial charge in [0, 0.05) is 31.6 Å². The SMILES string of the molecule is C[C@@H](CCN1CCCC1=O)Nc1ncc([N+](=O)[O-])cc1Cl. The fourth-order valence-corrected chi connectivity index (χ4v) is 2.44. The van der Waals surface area contributed by atoms with Gasteiger partial charge in [0.15, 0.2) is 0 Å². The minimum atomic E-state index is -0.537. The minimum absolute atomic E-state index is 0.0601. The maximum absolute atomic E-state index is 11.5. The van der Waals surface area contributed by atoms with Gasteiger partial charge in [-0.2, -0.15) is 0 Å². The number of likely N-dealkylation sites (tertiary alicyclic amines) is 1. The van der Waals surface area contributed by atoms with Crippen molar-refractivity contribution in [2.45, 2.75) is 32.2 Å². The Labute approximate surface area is 127 Å². The molecule has 0 unspecified atom stereocenters. The highest BCUT2D eigenvalue weighted by Crippen LogP contribution is 2.24. The number of carbonyl (C=O) groups excluding carboxylic acids is 1. The Morgan fingerprint density at radius 2 is 2.38 bits per heavy atom. The number of aromatic nitrogens is 1. The second kappa shape index (κ2) is 6.71. The Morgan fingerprint density at radius 3 is 2.95 bits per heavy atom. The average Bonchev–Trinajstić information content (AvgIpc) is 2.84. The average molecular weight is 313 g/mol. The van der Waals surface area contributed by atoms with Crippen molar-refractivity contribution < 1.29 is 9.72 Å². The summed E-state index contributed by atoms with van der Waals surface area (Å²) < 4.78 is 0. The van der Waals surface area contributed by atoms with Crippen molar-refractivity contribution in [1.82, 2.24) is 9.88 Å². The lowest BCUT2D eigenvalue weighted by Gasteiger charge is -2.20. The van der Waals surface area contributed by atoms with Gasteiger partial charge in [0.05, 0.1) is 9.95 Å². The molecule has 1 fully saturated rings. The van der Waals surface area contributed by atoms with Gasteiger partial charge >= 0.3 is 0 Å². The number of anilines is 1. The van der Waals surface area contributed by atoms with Crippen molar-refractivity contribution in [1.29, 1.82) is 0 Å². The largest absolute Gasteiger partial charge is 0.366 e. The Balaban J connectivity index is 1.88. The van der Waals surface area contributed by atoms with E-state index in [0.29, 0.717) is 18.8 Å². The third-order valence-corrected chi connectivity index (χ3v) is 3.71. The molecule has 8 heteroatoms. The maximum atomic E-state index is 11.5. The van der Waals surface area contributed by atoms with E-state index in [-0.39, 0.29) is 22.7 Å². The smallest absolute Gasteiger partial charge is 0.289 e. The lowest BCUT2D eigenvalue weighted by molar-refractivity contribution is -0.385. The number of rotatable bonds is 6. The van der Waals surface area contributed by atoms with Crippen LogP contribution in [0.25, 0.3) is 0 Å². The van der Waals surface area contributed by atoms with E-state index in [1.165, 1.54) is 12.3 Å². The van der Waals surface area contributed by atoms with Crippen LogP contribution < -0.4 is 5.32 Å². The summed E-state index contributed by atoms with van der Waals surface area (Å²) in [5, 5.41) is 13.9. The molecule has 1 atom stereocenters. The van der Waals surface area contributed by atoms with Gasteiger partial charge in [-0.3, -0.25) is 14.9 Å². The Bertz CT molecular complexity index is 552. The summed E-state index contributed by atoms with van der Waals surface area (Å²) in [6, 6.07) is 1.33. The second-order valence-electron chi connectivity index (χ2n) is 5.10. The quantitative estimate of drug-likeness (QED) is 0.644. The fourth-order valence-electron chi connectivity index (χ4n) is 2.23. The van der Waals surface area contributed by atoms with Gasteiger partial charge in [-0.25, -0.2) is 4.98 Å². The lowest BCUT2D eigenvalue weighted by atomic mass is 10.2. The first-order chi connectivity index (χ1) is 9.97. The summed E-state index contributed by atoms with van der Waals surface area (Å²) >= 11 is 5.97. The normalized spacial score (nSPS) is 16.1. The van der Waals surface area contributed by atoms with E-state index in [1.807, 2.05) is 11.8 Å². The number of carbonyl (C=O) groups is 1. The molecule has 1 N–H and O–H groups in total. The van der Waals surface area contributed by atoms with Crippen molar-refractivity contribution >= 4 is 29.0 Å². The number of halogens is 1. The lowest BCUT2D eigenvalue weighted by Crippen LogP contribution is -2.29. The second-order valence-corrected chi connectivity index (χ2v) is 5.51. The van der Waals surface area contributed by atoms with E-state index in [0.717, 1.165) is 19.4 Å². The highest BCUT2D eigenvalue weighted by Gasteiger charge is 2.20. The zero-order chi connectivity index (χ0) is 15.4. The molecule has 0 aromatic carbocycles. The molecule has 1 aliphatic heterocycles. The first kappa shape index (κ1) is 15.5. The molecular formula is C13H17ClN4O3. The number of amides is 1. The fraction of sp³-hybridized carbons (Fsp3) is 0.538. The van der Waals surface area contributed by atoms with E-state index in [4.69, 9.17) is 11.6 Å². The van der Waals surface area contributed by atoms with Gasteiger partial charge in [-0.1, -0.05) is 11.6 Å². The number of nitrogens with one attached hydrogen (secondary N) is 1. The van der Waals surface area contributed by atoms with Gasteiger partial charge in [-0.15, -0.1) is 0 Å². The molecule has 1 saturated heterocycles. The minimum Gasteiger partial charge on any atom is -0.366 e. The Kier molecular flexibility index (Phi) is 4.95. The summed E-state index contributed by atoms with van der Waals surface area (Å²) in [6.45, 7) is 3.47. The van der Waals surface area contributed by atoms with E-state index in [2.05, 4.69) is 10.3 Å². The van der Waals surface area contributed by atoms with Gasteiger partial charge in [-0.05, 0) is 19.8 Å². The van der Waals surface area contributed by atoms with E-state index < -0.39 is 4.92 Å². The van der Waals surface area contributed by atoms with Crippen LogP contribution in [0, 0.1) is 10.1 Å². The van der Waals surface area contributed by atoms with Crippen LogP contribution in [0.1, 0.15) is 26.2 Å². The molecule has 1 aromatic heterocycles. The molecule has 0 saturated carbocycles. The van der Waals surface area contributed by atoms with Gasteiger partial charge in [0.2, 0.25) is 5.91 Å². The molecule has 0 radical (unpaired) electrons. The zero-order valence-electron chi connectivity index (χ0n) is 11.7. The molecule has 2 rings (SSSR count). The van der Waals surface area contributed by atoms with Crippen molar-refractivity contribution in [3.63, 3.8) is 0 Å². The van der Waals surface area contributed by atoms with Crippen molar-refractivity contribution in [3.05, 3.63) is 27.4 Å². The van der Waals surface area contributed by atoms with Crippen LogP contribution in [0.2, 0.25) is 5.02 Å². The first-order valence-corrected chi connectivity index (χ1v) is 7.19. The predicted octanol–water partition coefficient (Wildman–Crippen LogP) is 2.46. The molecule has 21 heavy (non-hydrogen) atoms. The molecular weight excluding hydrogens is 296 g/mol. The summed E-state index contributed by atoms with van der Waals surface area (Å²) in [4.78, 5) is 27.4. The third-order valence-electron chi connectivity index (χ3n) is 3.42. The number of pyridine rings is 1. The summed E-state index contributed by atoms with van der Waals surface area (Å²) in [6.07, 6.45) is 3.50. The third kappa shape index (κ3) is 4.04. The molecule has 114 valence electrons. The predicted molar refractivity (Wildman–Crippen MR) is 79.4 cm³/mol. The molecule has 0 spiro atoms. The van der Waals surface area contributed by atoms with Gasteiger partial charge in [0.25, 0.3) is 5.69 Å². The summed E-state index contributed by atoms with van der Waals surface area (Å²) in [5.74, 6) is 0.621. The standard InChI is InChI=1S/C13H17ClN4O3/c1-9(4-6-17-5-2-3-12(17)19)16-13-11(14)7-10(8-15-13)18(20)21/h7-9H,2-6H2,1H3,(H,15,16)/t9-/m0/s1. The first-order valence-electron chi connectivity index (χ1n) is 6.81. The highest BCUT2D eigenvalue weighted by molar-refractivity contribution is 6.33. The Morgan fingerprint density at radius 1 is 1.62 bits per heavy atom. The van der Waals surface area contributed by atoms with Crippen LogP contribution in [-0.2, 0) is 4.79 Å². The van der Waals surface area contributed by atoms with Crippen LogP contribution in [0.15, 0.2) is 12.3 Å². The van der Waals surface area contributed by atoms with E-state index >= 15 is 0 Å². The van der Waals surface area contributed by atoms with Crippen LogP contribution in [-0.4, -0.2) is 39.8 Å². The molecule has 7 nitrogen and oxygen atoms in total. The number of nitro groups is 1. The Hall–Kier alpha value is -1.89. The molecule has 1 amide bonds. The van der Waals surface area contributed by atoms with Gasteiger partial charge < -0.3 is 10.2 Å². The maximum Gasteiger partial charge on any atom is 0.289 e. The van der Waals surface area contributed by atoms with Crippen molar-refractivity contribution in [3.8, 4) is 0 Å². The van der Waals surface area contributed by atoms with E-state index in [1.54, 1.807) is 0 Å². The topological polar surface area (TPSA) is 88.4 Å². The van der Waals surface area contributed by atoms with Crippen LogP contribution >= 0.6 is 11.6 Å². The number of nitrogens with zero attached hydrogens (tertiary/aromatic N) is 3. The molecule has 0 bridgehead atoms. The monoisotopic (exact) mass is 312 g/mol. The van der Waals surface area contributed by atoms with Gasteiger partial charge in [0.1, 0.15) is 12.0 Å². The number of hydrogen-bond acceptors (Lipinski definition) is 5. The molecule has 2 heterocycles. The molecule has 1 aromatic rings. The molecule has 0 aliphatic carbocycles. The van der Waals surface area contributed by atoms with Crippen LogP contribution in [0.5, 0.6) is 0 Å². The summed E-state index contributed by atoms with van der Waals surface area (Å²) in [7, 11) is 0. The zero-order valence-corrected chi connectivity index (χ0v) is 12.5. The van der Waals surface area contributed by atoms with Crippen molar-refractivity contribution in [2.24, 2.45) is 0 Å². The van der Waals surface area contributed by atoms with E-state index in [9.17, 15) is 14.9 Å².